The zero-order valence-electron chi connectivity index (χ0n) is 18.9. The predicted molar refractivity (Wildman–Crippen MR) is 124 cm³/mol. The first-order chi connectivity index (χ1) is 16.5. The molecule has 0 spiro atoms. The van der Waals surface area contributed by atoms with Crippen molar-refractivity contribution in [2.45, 2.75) is 38.0 Å². The molecule has 0 aliphatic carbocycles. The molecule has 34 heavy (non-hydrogen) atoms. The number of carbonyl (C=O) groups excluding carboxylic acids is 3. The quantitative estimate of drug-likeness (QED) is 0.520. The van der Waals surface area contributed by atoms with Crippen LogP contribution in [0.3, 0.4) is 0 Å². The van der Waals surface area contributed by atoms with Crippen LogP contribution in [0.5, 0.6) is 5.75 Å². The number of carbonyl (C=O) groups is 3. The summed E-state index contributed by atoms with van der Waals surface area (Å²) in [6, 6.07) is 12.9. The van der Waals surface area contributed by atoms with E-state index in [0.29, 0.717) is 17.9 Å². The van der Waals surface area contributed by atoms with Gasteiger partial charge in [0.05, 0.1) is 27.6 Å². The first kappa shape index (κ1) is 22.6. The largest absolute Gasteiger partial charge is 0.489 e. The van der Waals surface area contributed by atoms with Gasteiger partial charge in [-0.2, -0.15) is 0 Å². The van der Waals surface area contributed by atoms with Crippen molar-refractivity contribution in [2.75, 3.05) is 26.3 Å². The SMILES string of the molecule is [B]C1CC(N2Cc3c(OCc4ccc(CN5CCOCC5)cc4)cccc3C2=O)C(=O)NC1=O. The summed E-state index contributed by atoms with van der Waals surface area (Å²) in [5, 5.41) is 2.26. The van der Waals surface area contributed by atoms with Crippen LogP contribution < -0.4 is 10.1 Å². The molecule has 2 saturated heterocycles. The third kappa shape index (κ3) is 4.58. The number of morpholine rings is 1. The van der Waals surface area contributed by atoms with Crippen molar-refractivity contribution >= 4 is 25.6 Å². The zero-order valence-corrected chi connectivity index (χ0v) is 18.9. The van der Waals surface area contributed by atoms with Gasteiger partial charge in [0.2, 0.25) is 11.8 Å². The van der Waals surface area contributed by atoms with Gasteiger partial charge >= 0.3 is 0 Å². The smallest absolute Gasteiger partial charge is 0.255 e. The number of ether oxygens (including phenoxy) is 2. The number of nitrogens with zero attached hydrogens (tertiary/aromatic N) is 2. The van der Waals surface area contributed by atoms with Gasteiger partial charge in [0.1, 0.15) is 18.4 Å². The number of piperidine rings is 1. The standard InChI is InChI=1S/C25H26BN3O5/c26-20-12-21(24(31)27-23(20)30)29-14-19-18(25(29)32)2-1-3-22(19)34-15-17-6-4-16(5-7-17)13-28-8-10-33-11-9-28/h1-7,20-21H,8-15H2,(H,27,30,31). The molecule has 8 nitrogen and oxygen atoms in total. The number of hydrogen-bond donors (Lipinski definition) is 1. The van der Waals surface area contributed by atoms with Crippen LogP contribution in [0.1, 0.15) is 33.5 Å². The summed E-state index contributed by atoms with van der Waals surface area (Å²) in [6.45, 7) is 4.97. The molecule has 9 heteroatoms. The maximum Gasteiger partial charge on any atom is 0.255 e. The Morgan fingerprint density at radius 2 is 1.74 bits per heavy atom. The summed E-state index contributed by atoms with van der Waals surface area (Å²) >= 11 is 0. The highest BCUT2D eigenvalue weighted by molar-refractivity contribution is 6.27. The summed E-state index contributed by atoms with van der Waals surface area (Å²) in [7, 11) is 5.82. The van der Waals surface area contributed by atoms with Gasteiger partial charge in [-0.3, -0.25) is 24.6 Å². The summed E-state index contributed by atoms with van der Waals surface area (Å²) in [5.41, 5.74) is 3.53. The van der Waals surface area contributed by atoms with Crippen molar-refractivity contribution in [2.24, 2.45) is 0 Å². The summed E-state index contributed by atoms with van der Waals surface area (Å²) in [4.78, 5) is 40.9. The van der Waals surface area contributed by atoms with Gasteiger partial charge in [-0.1, -0.05) is 30.3 Å². The second-order valence-corrected chi connectivity index (χ2v) is 8.92. The zero-order chi connectivity index (χ0) is 23.7. The van der Waals surface area contributed by atoms with Crippen LogP contribution in [0.15, 0.2) is 42.5 Å². The van der Waals surface area contributed by atoms with E-state index < -0.39 is 23.7 Å². The molecule has 3 aliphatic rings. The average molecular weight is 459 g/mol. The van der Waals surface area contributed by atoms with Gasteiger partial charge in [-0.25, -0.2) is 0 Å². The van der Waals surface area contributed by atoms with Crippen molar-refractivity contribution in [3.63, 3.8) is 0 Å². The number of rotatable bonds is 6. The van der Waals surface area contributed by atoms with Crippen LogP contribution >= 0.6 is 0 Å². The van der Waals surface area contributed by atoms with Gasteiger partial charge in [0.15, 0.2) is 0 Å². The lowest BCUT2D eigenvalue weighted by Crippen LogP contribution is -2.54. The lowest BCUT2D eigenvalue weighted by molar-refractivity contribution is -0.136. The maximum atomic E-state index is 13.0. The molecule has 5 rings (SSSR count). The summed E-state index contributed by atoms with van der Waals surface area (Å²) in [6.07, 6.45) is 0.109. The van der Waals surface area contributed by atoms with Crippen molar-refractivity contribution in [1.29, 1.82) is 0 Å². The van der Waals surface area contributed by atoms with E-state index >= 15 is 0 Å². The van der Waals surface area contributed by atoms with Gasteiger partial charge in [0, 0.05) is 36.6 Å². The van der Waals surface area contributed by atoms with E-state index in [1.54, 1.807) is 12.1 Å². The Bertz CT molecular complexity index is 1100. The van der Waals surface area contributed by atoms with E-state index in [9.17, 15) is 14.4 Å². The third-order valence-electron chi connectivity index (χ3n) is 6.62. The lowest BCUT2D eigenvalue weighted by atomic mass is 9.78. The van der Waals surface area contributed by atoms with E-state index in [2.05, 4.69) is 34.5 Å². The Hall–Kier alpha value is -3.17. The Labute approximate surface area is 199 Å². The Balaban J connectivity index is 1.24. The molecule has 3 aliphatic heterocycles. The second-order valence-electron chi connectivity index (χ2n) is 8.92. The van der Waals surface area contributed by atoms with E-state index in [-0.39, 0.29) is 18.9 Å². The highest BCUT2D eigenvalue weighted by atomic mass is 16.5. The van der Waals surface area contributed by atoms with Crippen LogP contribution in [0.25, 0.3) is 0 Å². The molecule has 174 valence electrons. The topological polar surface area (TPSA) is 88.2 Å². The second kappa shape index (κ2) is 9.60. The molecule has 1 N–H and O–H groups in total. The molecule has 2 aromatic rings. The van der Waals surface area contributed by atoms with Crippen molar-refractivity contribution in [1.82, 2.24) is 15.1 Å². The van der Waals surface area contributed by atoms with Gasteiger partial charge in [-0.15, -0.1) is 0 Å². The fourth-order valence-electron chi connectivity index (χ4n) is 4.65. The number of amides is 3. The van der Waals surface area contributed by atoms with Gasteiger partial charge < -0.3 is 14.4 Å². The van der Waals surface area contributed by atoms with Crippen LogP contribution in [0.4, 0.5) is 0 Å². The third-order valence-corrected chi connectivity index (χ3v) is 6.62. The Kier molecular flexibility index (Phi) is 6.39. The van der Waals surface area contributed by atoms with Gasteiger partial charge in [-0.05, 0) is 29.7 Å². The fourth-order valence-corrected chi connectivity index (χ4v) is 4.65. The van der Waals surface area contributed by atoms with Crippen LogP contribution in [0.2, 0.25) is 5.82 Å². The van der Waals surface area contributed by atoms with Crippen molar-refractivity contribution in [3.05, 3.63) is 64.7 Å². The number of nitrogens with one attached hydrogen (secondary N) is 1. The molecule has 2 aromatic carbocycles. The Morgan fingerprint density at radius 1 is 1.00 bits per heavy atom. The molecular weight excluding hydrogens is 433 g/mol. The summed E-state index contributed by atoms with van der Waals surface area (Å²) < 4.78 is 11.5. The number of fused-ring (bicyclic) bond motifs is 1. The predicted octanol–water partition coefficient (Wildman–Crippen LogP) is 1.43. The molecule has 2 radical (unpaired) electrons. The molecule has 2 fully saturated rings. The molecule has 2 unspecified atom stereocenters. The van der Waals surface area contributed by atoms with Crippen molar-refractivity contribution in [3.8, 4) is 5.75 Å². The van der Waals surface area contributed by atoms with Gasteiger partial charge in [0.25, 0.3) is 5.91 Å². The van der Waals surface area contributed by atoms with E-state index in [1.165, 1.54) is 10.5 Å². The molecule has 3 amide bonds. The van der Waals surface area contributed by atoms with Crippen molar-refractivity contribution < 1.29 is 23.9 Å². The molecule has 2 atom stereocenters. The molecular formula is C25H26BN3O5. The maximum absolute atomic E-state index is 13.0. The number of benzene rings is 2. The molecule has 0 bridgehead atoms. The Morgan fingerprint density at radius 3 is 2.50 bits per heavy atom. The molecule has 3 heterocycles. The first-order valence-corrected chi connectivity index (χ1v) is 11.5. The van der Waals surface area contributed by atoms with E-state index in [4.69, 9.17) is 17.3 Å². The fraction of sp³-hybridized carbons (Fsp3) is 0.400. The normalized spacial score (nSPS) is 23.1. The number of imide groups is 1. The highest BCUT2D eigenvalue weighted by Gasteiger charge is 2.42. The van der Waals surface area contributed by atoms with Crippen LogP contribution in [0, 0.1) is 0 Å². The van der Waals surface area contributed by atoms with Crippen LogP contribution in [-0.4, -0.2) is 67.7 Å². The minimum atomic E-state index is -0.818. The van der Waals surface area contributed by atoms with E-state index in [1.807, 2.05) is 6.07 Å². The average Bonchev–Trinajstić information content (AvgIpc) is 3.18. The first-order valence-electron chi connectivity index (χ1n) is 11.5. The van der Waals surface area contributed by atoms with E-state index in [0.717, 1.165) is 44.0 Å². The summed E-state index contributed by atoms with van der Waals surface area (Å²) in [5.74, 6) is -1.46. The number of hydrogen-bond acceptors (Lipinski definition) is 6. The minimum Gasteiger partial charge on any atom is -0.489 e. The highest BCUT2D eigenvalue weighted by Crippen LogP contribution is 2.34. The molecule has 0 aromatic heterocycles. The van der Waals surface area contributed by atoms with Crippen LogP contribution in [-0.2, 0) is 34.0 Å². The lowest BCUT2D eigenvalue weighted by Gasteiger charge is -2.32. The monoisotopic (exact) mass is 459 g/mol. The molecule has 0 saturated carbocycles. The minimum absolute atomic E-state index is 0.109.